The van der Waals surface area contributed by atoms with E-state index in [-0.39, 0.29) is 5.69 Å². The van der Waals surface area contributed by atoms with Crippen LogP contribution in [0.3, 0.4) is 0 Å². The van der Waals surface area contributed by atoms with Crippen LogP contribution >= 0.6 is 0 Å². The number of aryl methyl sites for hydroxylation is 1. The molecule has 0 bridgehead atoms. The lowest BCUT2D eigenvalue weighted by molar-refractivity contribution is -0.208. The van der Waals surface area contributed by atoms with Gasteiger partial charge in [-0.25, -0.2) is 0 Å². The number of nitrogens with zero attached hydrogens (tertiary/aromatic N) is 1. The molecule has 0 aromatic carbocycles. The van der Waals surface area contributed by atoms with Gasteiger partial charge in [0.1, 0.15) is 0 Å². The van der Waals surface area contributed by atoms with Gasteiger partial charge in [0.15, 0.2) is 6.10 Å². The van der Waals surface area contributed by atoms with Crippen LogP contribution in [0.1, 0.15) is 11.8 Å². The highest BCUT2D eigenvalue weighted by Gasteiger charge is 2.40. The molecule has 2 nitrogen and oxygen atoms in total. The monoisotopic (exact) mass is 179 g/mol. The van der Waals surface area contributed by atoms with Crippen molar-refractivity contribution in [1.82, 2.24) is 4.57 Å². The second kappa shape index (κ2) is 2.82. The molecule has 0 unspecified atom stereocenters. The quantitative estimate of drug-likeness (QED) is 0.696. The zero-order chi connectivity index (χ0) is 9.35. The van der Waals surface area contributed by atoms with Crippen molar-refractivity contribution in [2.24, 2.45) is 7.05 Å². The van der Waals surface area contributed by atoms with Gasteiger partial charge in [-0.3, -0.25) is 0 Å². The summed E-state index contributed by atoms with van der Waals surface area (Å²) in [4.78, 5) is 0. The molecule has 0 spiro atoms. The summed E-state index contributed by atoms with van der Waals surface area (Å²) in [5.74, 6) is 0. The minimum absolute atomic E-state index is 0.150. The van der Waals surface area contributed by atoms with Gasteiger partial charge in [0, 0.05) is 13.2 Å². The van der Waals surface area contributed by atoms with E-state index < -0.39 is 12.3 Å². The molecule has 0 fully saturated rings. The van der Waals surface area contributed by atoms with Crippen molar-refractivity contribution in [2.75, 3.05) is 0 Å². The van der Waals surface area contributed by atoms with Gasteiger partial charge in [-0.15, -0.1) is 0 Å². The van der Waals surface area contributed by atoms with Crippen LogP contribution in [0.4, 0.5) is 13.2 Å². The molecular weight excluding hydrogens is 171 g/mol. The van der Waals surface area contributed by atoms with Crippen molar-refractivity contribution in [1.29, 1.82) is 0 Å². The molecule has 0 radical (unpaired) electrons. The minimum Gasteiger partial charge on any atom is -0.378 e. The van der Waals surface area contributed by atoms with E-state index in [2.05, 4.69) is 0 Å². The highest BCUT2D eigenvalue weighted by Crippen LogP contribution is 2.31. The highest BCUT2D eigenvalue weighted by molar-refractivity contribution is 5.11. The van der Waals surface area contributed by atoms with E-state index in [0.29, 0.717) is 0 Å². The van der Waals surface area contributed by atoms with Gasteiger partial charge in [0.05, 0.1) is 5.69 Å². The number of aromatic nitrogens is 1. The maximum Gasteiger partial charge on any atom is 0.420 e. The molecule has 12 heavy (non-hydrogen) atoms. The Bertz CT molecular complexity index is 266. The average molecular weight is 179 g/mol. The smallest absolute Gasteiger partial charge is 0.378 e. The van der Waals surface area contributed by atoms with Crippen LogP contribution in [0, 0.1) is 0 Å². The molecule has 1 aromatic heterocycles. The average Bonchev–Trinajstić information content (AvgIpc) is 2.31. The van der Waals surface area contributed by atoms with E-state index in [9.17, 15) is 13.2 Å². The molecule has 1 atom stereocenters. The molecule has 1 rings (SSSR count). The lowest BCUT2D eigenvalue weighted by Crippen LogP contribution is -2.22. The maximum absolute atomic E-state index is 11.9. The Hall–Kier alpha value is -0.970. The molecular formula is C7H8F3NO. The van der Waals surface area contributed by atoms with E-state index >= 15 is 0 Å². The van der Waals surface area contributed by atoms with E-state index in [1.807, 2.05) is 0 Å². The van der Waals surface area contributed by atoms with Crippen LogP contribution in [0.15, 0.2) is 18.3 Å². The molecule has 1 heterocycles. The molecule has 0 saturated carbocycles. The first-order valence-electron chi connectivity index (χ1n) is 3.29. The Balaban J connectivity index is 2.92. The number of halogens is 3. The van der Waals surface area contributed by atoms with Gasteiger partial charge < -0.3 is 9.67 Å². The van der Waals surface area contributed by atoms with Gasteiger partial charge in [-0.1, -0.05) is 0 Å². The van der Waals surface area contributed by atoms with Crippen molar-refractivity contribution < 1.29 is 18.3 Å². The maximum atomic E-state index is 11.9. The predicted octanol–water partition coefficient (Wildman–Crippen LogP) is 1.62. The number of alkyl halides is 3. The topological polar surface area (TPSA) is 25.2 Å². The molecule has 0 aliphatic carbocycles. The summed E-state index contributed by atoms with van der Waals surface area (Å²) in [5, 5.41) is 8.78. The van der Waals surface area contributed by atoms with Crippen LogP contribution in [0.25, 0.3) is 0 Å². The fourth-order valence-corrected chi connectivity index (χ4v) is 0.926. The summed E-state index contributed by atoms with van der Waals surface area (Å²) in [5.41, 5.74) is -0.150. The molecule has 1 N–H and O–H groups in total. The SMILES string of the molecule is Cn1cccc1[C@H](O)C(F)(F)F. The number of hydrogen-bond donors (Lipinski definition) is 1. The summed E-state index contributed by atoms with van der Waals surface area (Å²) in [6, 6.07) is 2.68. The zero-order valence-electron chi connectivity index (χ0n) is 6.34. The van der Waals surface area contributed by atoms with Crippen molar-refractivity contribution >= 4 is 0 Å². The fraction of sp³-hybridized carbons (Fsp3) is 0.429. The minimum atomic E-state index is -4.59. The van der Waals surface area contributed by atoms with Crippen LogP contribution < -0.4 is 0 Å². The number of rotatable bonds is 1. The second-order valence-corrected chi connectivity index (χ2v) is 2.49. The lowest BCUT2D eigenvalue weighted by atomic mass is 10.2. The first-order valence-corrected chi connectivity index (χ1v) is 3.29. The van der Waals surface area contributed by atoms with Gasteiger partial charge >= 0.3 is 6.18 Å². The Labute approximate surface area is 67.2 Å². The zero-order valence-corrected chi connectivity index (χ0v) is 6.34. The van der Waals surface area contributed by atoms with Gasteiger partial charge in [0.25, 0.3) is 0 Å². The van der Waals surface area contributed by atoms with Crippen molar-refractivity contribution in [3.63, 3.8) is 0 Å². The van der Waals surface area contributed by atoms with Crippen LogP contribution in [-0.4, -0.2) is 15.8 Å². The standard InChI is InChI=1S/C7H8F3NO/c1-11-4-2-3-5(11)6(12)7(8,9)10/h2-4,6,12H,1H3/t6-/m0/s1. The molecule has 0 saturated heterocycles. The lowest BCUT2D eigenvalue weighted by Gasteiger charge is -2.14. The van der Waals surface area contributed by atoms with Crippen LogP contribution in [0.2, 0.25) is 0 Å². The van der Waals surface area contributed by atoms with Gasteiger partial charge in [0.2, 0.25) is 0 Å². The first kappa shape index (κ1) is 9.12. The highest BCUT2D eigenvalue weighted by atomic mass is 19.4. The first-order chi connectivity index (χ1) is 5.43. The third-order valence-corrected chi connectivity index (χ3v) is 1.57. The van der Waals surface area contributed by atoms with E-state index in [0.717, 1.165) is 0 Å². The van der Waals surface area contributed by atoms with E-state index in [1.54, 1.807) is 0 Å². The predicted molar refractivity (Wildman–Crippen MR) is 36.4 cm³/mol. The Morgan fingerprint density at radius 2 is 2.08 bits per heavy atom. The third kappa shape index (κ3) is 1.61. The molecule has 68 valence electrons. The Morgan fingerprint density at radius 3 is 2.42 bits per heavy atom. The van der Waals surface area contributed by atoms with E-state index in [4.69, 9.17) is 5.11 Å². The molecule has 0 aliphatic heterocycles. The summed E-state index contributed by atoms with van der Waals surface area (Å²) in [6.45, 7) is 0. The number of aliphatic hydroxyl groups is 1. The number of hydrogen-bond acceptors (Lipinski definition) is 1. The molecule has 0 amide bonds. The van der Waals surface area contributed by atoms with Crippen LogP contribution in [-0.2, 0) is 7.05 Å². The molecule has 1 aromatic rings. The van der Waals surface area contributed by atoms with E-state index in [1.165, 1.54) is 29.9 Å². The second-order valence-electron chi connectivity index (χ2n) is 2.49. The van der Waals surface area contributed by atoms with Gasteiger partial charge in [-0.05, 0) is 12.1 Å². The summed E-state index contributed by atoms with van der Waals surface area (Å²) in [7, 11) is 1.45. The number of aliphatic hydroxyl groups excluding tert-OH is 1. The third-order valence-electron chi connectivity index (χ3n) is 1.57. The van der Waals surface area contributed by atoms with Crippen molar-refractivity contribution in [3.05, 3.63) is 24.0 Å². The largest absolute Gasteiger partial charge is 0.420 e. The molecule has 0 aliphatic rings. The summed E-state index contributed by atoms with van der Waals surface area (Å²) < 4.78 is 37.0. The van der Waals surface area contributed by atoms with Crippen molar-refractivity contribution in [2.45, 2.75) is 12.3 Å². The summed E-state index contributed by atoms with van der Waals surface area (Å²) in [6.07, 6.45) is -5.53. The van der Waals surface area contributed by atoms with Crippen LogP contribution in [0.5, 0.6) is 0 Å². The van der Waals surface area contributed by atoms with Crippen molar-refractivity contribution in [3.8, 4) is 0 Å². The Kier molecular flexibility index (Phi) is 2.14. The normalized spacial score (nSPS) is 14.8. The summed E-state index contributed by atoms with van der Waals surface area (Å²) >= 11 is 0. The fourth-order valence-electron chi connectivity index (χ4n) is 0.926. The van der Waals surface area contributed by atoms with Gasteiger partial charge in [-0.2, -0.15) is 13.2 Å². The Morgan fingerprint density at radius 1 is 1.50 bits per heavy atom. The molecule has 5 heteroatoms.